The Morgan fingerprint density at radius 1 is 1.12 bits per heavy atom. The molecule has 1 unspecified atom stereocenters. The van der Waals surface area contributed by atoms with Gasteiger partial charge in [-0.15, -0.1) is 0 Å². The number of halogens is 3. The average Bonchev–Trinajstić information content (AvgIpc) is 3.42. The van der Waals surface area contributed by atoms with Crippen LogP contribution in [0.4, 0.5) is 30.6 Å². The maximum absolute atomic E-state index is 13.3. The van der Waals surface area contributed by atoms with E-state index in [1.54, 1.807) is 12.4 Å². The van der Waals surface area contributed by atoms with Crippen molar-refractivity contribution < 1.29 is 13.2 Å². The van der Waals surface area contributed by atoms with Crippen LogP contribution < -0.4 is 15.5 Å². The van der Waals surface area contributed by atoms with Crippen LogP contribution in [0, 0.1) is 0 Å². The molecule has 0 aliphatic carbocycles. The Morgan fingerprint density at radius 3 is 2.76 bits per heavy atom. The number of anilines is 3. The standard InChI is InChI=1S/C22H21F3N8/c1-33(2)17-11-31-21(30-8-12-5-13-3-4-26-19(13)27-7-12)32-18(17)16-10-29-20-15(16)6-14(9-28-20)22(23,24)25/h3-7,9,11,16H,8,10H2,1-2H3,(H,26,27)(H,28,29)(H,30,31,32). The highest BCUT2D eigenvalue weighted by Gasteiger charge is 2.35. The number of fused-ring (bicyclic) bond motifs is 2. The molecule has 0 bridgehead atoms. The molecule has 0 spiro atoms. The summed E-state index contributed by atoms with van der Waals surface area (Å²) in [5.74, 6) is 0.434. The fraction of sp³-hybridized carbons (Fsp3) is 0.273. The first-order valence-corrected chi connectivity index (χ1v) is 10.3. The maximum Gasteiger partial charge on any atom is 0.417 e. The minimum atomic E-state index is -4.47. The zero-order chi connectivity index (χ0) is 23.2. The van der Waals surface area contributed by atoms with Gasteiger partial charge in [-0.25, -0.2) is 19.9 Å². The summed E-state index contributed by atoms with van der Waals surface area (Å²) in [7, 11) is 3.70. The zero-order valence-electron chi connectivity index (χ0n) is 17.9. The SMILES string of the molecule is CN(C)c1cnc(NCc2cnc3[nH]ccc3c2)nc1C1CNc2ncc(C(F)(F)F)cc21. The van der Waals surface area contributed by atoms with E-state index in [-0.39, 0.29) is 0 Å². The van der Waals surface area contributed by atoms with Gasteiger partial charge in [-0.2, -0.15) is 13.2 Å². The van der Waals surface area contributed by atoms with E-state index in [4.69, 9.17) is 4.98 Å². The van der Waals surface area contributed by atoms with Gasteiger partial charge in [0, 0.05) is 62.6 Å². The van der Waals surface area contributed by atoms with Crippen LogP contribution in [-0.2, 0) is 12.7 Å². The van der Waals surface area contributed by atoms with E-state index in [1.165, 1.54) is 0 Å². The van der Waals surface area contributed by atoms with Crippen molar-refractivity contribution in [2.24, 2.45) is 0 Å². The number of aromatic nitrogens is 5. The average molecular weight is 454 g/mol. The van der Waals surface area contributed by atoms with E-state index in [2.05, 4.69) is 30.6 Å². The molecule has 0 saturated carbocycles. The Hall–Kier alpha value is -3.89. The highest BCUT2D eigenvalue weighted by atomic mass is 19.4. The molecule has 0 saturated heterocycles. The molecule has 33 heavy (non-hydrogen) atoms. The molecule has 1 aliphatic heterocycles. The zero-order valence-corrected chi connectivity index (χ0v) is 17.9. The van der Waals surface area contributed by atoms with Gasteiger partial charge >= 0.3 is 6.18 Å². The van der Waals surface area contributed by atoms with Crippen molar-refractivity contribution in [1.82, 2.24) is 24.9 Å². The second-order valence-electron chi connectivity index (χ2n) is 8.06. The van der Waals surface area contributed by atoms with E-state index < -0.39 is 17.7 Å². The lowest BCUT2D eigenvalue weighted by molar-refractivity contribution is -0.137. The molecule has 3 N–H and O–H groups in total. The lowest BCUT2D eigenvalue weighted by Gasteiger charge is -2.21. The molecule has 0 amide bonds. The van der Waals surface area contributed by atoms with Crippen molar-refractivity contribution in [2.75, 3.05) is 36.2 Å². The molecule has 0 radical (unpaired) electrons. The van der Waals surface area contributed by atoms with Crippen LogP contribution in [0.15, 0.2) is 43.0 Å². The van der Waals surface area contributed by atoms with Crippen molar-refractivity contribution in [1.29, 1.82) is 0 Å². The molecular weight excluding hydrogens is 433 g/mol. The summed E-state index contributed by atoms with van der Waals surface area (Å²) < 4.78 is 39.9. The van der Waals surface area contributed by atoms with Crippen molar-refractivity contribution in [3.63, 3.8) is 0 Å². The predicted molar refractivity (Wildman–Crippen MR) is 119 cm³/mol. The van der Waals surface area contributed by atoms with Crippen molar-refractivity contribution in [2.45, 2.75) is 18.6 Å². The fourth-order valence-electron chi connectivity index (χ4n) is 3.94. The largest absolute Gasteiger partial charge is 0.417 e. The maximum atomic E-state index is 13.3. The normalized spacial score (nSPS) is 15.4. The van der Waals surface area contributed by atoms with Crippen molar-refractivity contribution in [3.8, 4) is 0 Å². The van der Waals surface area contributed by atoms with Crippen molar-refractivity contribution in [3.05, 3.63) is 65.4 Å². The molecule has 4 aromatic heterocycles. The third-order valence-corrected chi connectivity index (χ3v) is 5.61. The van der Waals surface area contributed by atoms with Crippen LogP contribution in [0.25, 0.3) is 11.0 Å². The first-order valence-electron chi connectivity index (χ1n) is 10.3. The van der Waals surface area contributed by atoms with Gasteiger partial charge in [-0.05, 0) is 23.8 Å². The lowest BCUT2D eigenvalue weighted by Crippen LogP contribution is -2.18. The molecule has 1 aliphatic rings. The quantitative estimate of drug-likeness (QED) is 0.420. The van der Waals surface area contributed by atoms with Gasteiger partial charge in [0.25, 0.3) is 0 Å². The summed E-state index contributed by atoms with van der Waals surface area (Å²) in [6, 6.07) is 5.11. The number of H-pyrrole nitrogens is 1. The van der Waals surface area contributed by atoms with E-state index in [1.807, 2.05) is 37.3 Å². The molecule has 5 rings (SSSR count). The molecular formula is C22H21F3N8. The van der Waals surface area contributed by atoms with Crippen LogP contribution in [0.3, 0.4) is 0 Å². The number of nitrogens with one attached hydrogen (secondary N) is 3. The summed E-state index contributed by atoms with van der Waals surface area (Å²) in [5.41, 5.74) is 2.82. The van der Waals surface area contributed by atoms with Gasteiger partial charge in [0.1, 0.15) is 11.5 Å². The summed E-state index contributed by atoms with van der Waals surface area (Å²) >= 11 is 0. The van der Waals surface area contributed by atoms with Crippen LogP contribution in [0.5, 0.6) is 0 Å². The highest BCUT2D eigenvalue weighted by Crippen LogP contribution is 2.40. The number of nitrogens with zero attached hydrogens (tertiary/aromatic N) is 5. The second-order valence-corrected chi connectivity index (χ2v) is 8.06. The van der Waals surface area contributed by atoms with Gasteiger partial charge in [0.15, 0.2) is 0 Å². The summed E-state index contributed by atoms with van der Waals surface area (Å²) in [4.78, 5) is 22.4. The molecule has 5 heterocycles. The number of aromatic amines is 1. The first-order chi connectivity index (χ1) is 15.8. The molecule has 0 aromatic carbocycles. The Kier molecular flexibility index (Phi) is 5.03. The third-order valence-electron chi connectivity index (χ3n) is 5.61. The van der Waals surface area contributed by atoms with Crippen LogP contribution in [0.2, 0.25) is 0 Å². The number of rotatable bonds is 5. The van der Waals surface area contributed by atoms with Gasteiger partial charge in [0.2, 0.25) is 5.95 Å². The number of alkyl halides is 3. The van der Waals surface area contributed by atoms with Crippen molar-refractivity contribution >= 4 is 28.5 Å². The minimum Gasteiger partial charge on any atom is -0.375 e. The lowest BCUT2D eigenvalue weighted by atomic mass is 9.96. The van der Waals surface area contributed by atoms with E-state index in [0.717, 1.165) is 34.5 Å². The fourth-order valence-corrected chi connectivity index (χ4v) is 3.94. The highest BCUT2D eigenvalue weighted by molar-refractivity contribution is 5.75. The second kappa shape index (κ2) is 7.91. The van der Waals surface area contributed by atoms with Gasteiger partial charge in [-0.3, -0.25) is 0 Å². The first kappa shape index (κ1) is 21.0. The third kappa shape index (κ3) is 4.01. The van der Waals surface area contributed by atoms with Crippen LogP contribution >= 0.6 is 0 Å². The monoisotopic (exact) mass is 454 g/mol. The Bertz CT molecular complexity index is 1310. The summed E-state index contributed by atoms with van der Waals surface area (Å²) in [6.45, 7) is 0.850. The summed E-state index contributed by atoms with van der Waals surface area (Å²) in [6.07, 6.45) is 1.66. The number of hydrogen-bond donors (Lipinski definition) is 3. The minimum absolute atomic E-state index is 0.387. The van der Waals surface area contributed by atoms with Gasteiger partial charge in [-0.1, -0.05) is 0 Å². The molecule has 0 fully saturated rings. The summed E-state index contributed by atoms with van der Waals surface area (Å²) in [5, 5.41) is 7.30. The van der Waals surface area contributed by atoms with E-state index in [0.29, 0.717) is 36.1 Å². The van der Waals surface area contributed by atoms with Gasteiger partial charge in [0.05, 0.1) is 23.1 Å². The van der Waals surface area contributed by atoms with E-state index >= 15 is 0 Å². The molecule has 8 nitrogen and oxygen atoms in total. The smallest absolute Gasteiger partial charge is 0.375 e. The number of hydrogen-bond acceptors (Lipinski definition) is 7. The number of pyridine rings is 2. The van der Waals surface area contributed by atoms with E-state index in [9.17, 15) is 13.2 Å². The van der Waals surface area contributed by atoms with Crippen LogP contribution in [0.1, 0.15) is 28.3 Å². The topological polar surface area (TPSA) is 94.7 Å². The van der Waals surface area contributed by atoms with Crippen LogP contribution in [-0.4, -0.2) is 45.6 Å². The molecule has 1 atom stereocenters. The Morgan fingerprint density at radius 2 is 1.97 bits per heavy atom. The molecule has 170 valence electrons. The Balaban J connectivity index is 1.46. The molecule has 4 aromatic rings. The Labute approximate surface area is 187 Å². The van der Waals surface area contributed by atoms with Gasteiger partial charge < -0.3 is 20.5 Å². The molecule has 11 heteroatoms. The predicted octanol–water partition coefficient (Wildman–Crippen LogP) is 4.00.